The van der Waals surface area contributed by atoms with Gasteiger partial charge in [0.15, 0.2) is 5.17 Å². The van der Waals surface area contributed by atoms with Gasteiger partial charge in [-0.1, -0.05) is 48.2 Å². The maximum Gasteiger partial charge on any atom is 0.338 e. The van der Waals surface area contributed by atoms with Gasteiger partial charge in [0.05, 0.1) is 36.8 Å². The Hall–Kier alpha value is -3.37. The number of amidine groups is 1. The topological polar surface area (TPSA) is 88.5 Å². The number of piperidine rings is 1. The van der Waals surface area contributed by atoms with Crippen LogP contribution in [0.25, 0.3) is 5.70 Å². The van der Waals surface area contributed by atoms with E-state index in [4.69, 9.17) is 14.5 Å². The summed E-state index contributed by atoms with van der Waals surface area (Å²) in [6, 6.07) is 13.2. The molecule has 1 fully saturated rings. The Balaban J connectivity index is 1.43. The molecule has 1 amide bonds. The molecular weight excluding hydrogens is 534 g/mol. The number of hydrogen-bond donors (Lipinski definition) is 0. The quantitative estimate of drug-likeness (QED) is 0.406. The Morgan fingerprint density at radius 3 is 2.41 bits per heavy atom. The Labute approximate surface area is 236 Å². The number of thiophene rings is 1. The fraction of sp³-hybridized carbons (Fsp3) is 0.379. The molecule has 4 heterocycles. The molecule has 5 rings (SSSR count). The number of thioether (sulfide) groups is 1. The van der Waals surface area contributed by atoms with Gasteiger partial charge in [0.2, 0.25) is 5.91 Å². The zero-order valence-electron chi connectivity index (χ0n) is 22.0. The van der Waals surface area contributed by atoms with E-state index < -0.39 is 12.0 Å². The molecular formula is C29H31N3O5S2. The lowest BCUT2D eigenvalue weighted by Gasteiger charge is -2.37. The predicted molar refractivity (Wildman–Crippen MR) is 153 cm³/mol. The number of rotatable bonds is 8. The monoisotopic (exact) mass is 565 g/mol. The summed E-state index contributed by atoms with van der Waals surface area (Å²) in [6.07, 6.45) is 1.38. The summed E-state index contributed by atoms with van der Waals surface area (Å²) in [5, 5.41) is 4.67. The number of ether oxygens (including phenoxy) is 2. The van der Waals surface area contributed by atoms with E-state index in [1.807, 2.05) is 63.1 Å². The number of benzene rings is 1. The van der Waals surface area contributed by atoms with Crippen LogP contribution in [-0.2, 0) is 23.9 Å². The van der Waals surface area contributed by atoms with Gasteiger partial charge in [-0.3, -0.25) is 9.59 Å². The molecule has 204 valence electrons. The van der Waals surface area contributed by atoms with E-state index in [0.29, 0.717) is 43.8 Å². The third-order valence-electron chi connectivity index (χ3n) is 6.97. The summed E-state index contributed by atoms with van der Waals surface area (Å²) >= 11 is 3.02. The van der Waals surface area contributed by atoms with E-state index in [1.165, 1.54) is 11.8 Å². The van der Waals surface area contributed by atoms with Crippen molar-refractivity contribution in [3.8, 4) is 0 Å². The summed E-state index contributed by atoms with van der Waals surface area (Å²) in [5.74, 6) is -0.764. The number of amides is 1. The van der Waals surface area contributed by atoms with E-state index >= 15 is 0 Å². The van der Waals surface area contributed by atoms with E-state index in [9.17, 15) is 14.4 Å². The summed E-state index contributed by atoms with van der Waals surface area (Å²) in [5.41, 5.74) is 2.69. The molecule has 3 aliphatic heterocycles. The molecule has 2 aromatic rings. The van der Waals surface area contributed by atoms with Gasteiger partial charge in [-0.05, 0) is 43.5 Å². The number of carbonyl (C=O) groups excluding carboxylic acids is 3. The van der Waals surface area contributed by atoms with E-state index in [-0.39, 0.29) is 30.8 Å². The van der Waals surface area contributed by atoms with Gasteiger partial charge >= 0.3 is 11.9 Å². The summed E-state index contributed by atoms with van der Waals surface area (Å²) in [4.78, 5) is 48.7. The first-order valence-corrected chi connectivity index (χ1v) is 15.0. The first-order valence-electron chi connectivity index (χ1n) is 13.2. The lowest BCUT2D eigenvalue weighted by atomic mass is 9.95. The van der Waals surface area contributed by atoms with Crippen molar-refractivity contribution in [2.45, 2.75) is 39.2 Å². The largest absolute Gasteiger partial charge is 0.466 e. The van der Waals surface area contributed by atoms with Crippen LogP contribution >= 0.6 is 23.1 Å². The van der Waals surface area contributed by atoms with Crippen molar-refractivity contribution in [2.75, 3.05) is 26.3 Å². The molecule has 1 atom stereocenters. The van der Waals surface area contributed by atoms with Gasteiger partial charge in [0.1, 0.15) is 6.04 Å². The van der Waals surface area contributed by atoms with Crippen LogP contribution in [-0.4, -0.2) is 59.1 Å². The Bertz CT molecular complexity index is 1310. The molecule has 0 spiro atoms. The van der Waals surface area contributed by atoms with Gasteiger partial charge in [0, 0.05) is 29.2 Å². The molecule has 3 aliphatic rings. The molecule has 1 aromatic carbocycles. The molecule has 0 aliphatic carbocycles. The van der Waals surface area contributed by atoms with Gasteiger partial charge in [-0.2, -0.15) is 0 Å². The number of likely N-dealkylation sites (tertiary alicyclic amines) is 1. The highest BCUT2D eigenvalue weighted by molar-refractivity contribution is 8.16. The lowest BCUT2D eigenvalue weighted by Crippen LogP contribution is -2.42. The smallest absolute Gasteiger partial charge is 0.338 e. The predicted octanol–water partition coefficient (Wildman–Crippen LogP) is 5.22. The van der Waals surface area contributed by atoms with Crippen LogP contribution < -0.4 is 0 Å². The van der Waals surface area contributed by atoms with Crippen molar-refractivity contribution in [3.63, 3.8) is 0 Å². The van der Waals surface area contributed by atoms with Crippen LogP contribution in [0.5, 0.6) is 0 Å². The van der Waals surface area contributed by atoms with Crippen LogP contribution in [0.3, 0.4) is 0 Å². The van der Waals surface area contributed by atoms with Gasteiger partial charge in [-0.15, -0.1) is 11.3 Å². The lowest BCUT2D eigenvalue weighted by molar-refractivity contribution is -0.151. The highest BCUT2D eigenvalue weighted by Gasteiger charge is 2.43. The average Bonchev–Trinajstić information content (AvgIpc) is 3.63. The van der Waals surface area contributed by atoms with Crippen molar-refractivity contribution in [1.29, 1.82) is 0 Å². The minimum absolute atomic E-state index is 0.00846. The number of hydrogen-bond acceptors (Lipinski definition) is 9. The standard InChI is InChI=1S/C29H31N3O5S2/c1-3-36-27(34)20-12-14-31(15-13-20)23(33)17-21-18-39-29-30-25(19-9-6-5-7-10-19)24(28(35)37-4-2)26(32(21)29)22-11-8-16-38-22/h5-11,16,18,20,26H,3-4,12-15,17H2,1-2H3/t26-/m1/s1. The first-order chi connectivity index (χ1) is 19.0. The van der Waals surface area contributed by atoms with Gasteiger partial charge in [-0.25, -0.2) is 9.79 Å². The van der Waals surface area contributed by atoms with Crippen LogP contribution in [0, 0.1) is 5.92 Å². The number of fused-ring (bicyclic) bond motifs is 1. The molecule has 0 bridgehead atoms. The molecule has 1 saturated heterocycles. The molecule has 0 saturated carbocycles. The van der Waals surface area contributed by atoms with Crippen LogP contribution in [0.1, 0.15) is 49.6 Å². The second-order valence-electron chi connectivity index (χ2n) is 9.34. The zero-order chi connectivity index (χ0) is 27.4. The van der Waals surface area contributed by atoms with Crippen molar-refractivity contribution >= 4 is 51.8 Å². The zero-order valence-corrected chi connectivity index (χ0v) is 23.6. The van der Waals surface area contributed by atoms with Crippen molar-refractivity contribution in [1.82, 2.24) is 9.80 Å². The Morgan fingerprint density at radius 1 is 1.00 bits per heavy atom. The average molecular weight is 566 g/mol. The number of aliphatic imine (C=N–C) groups is 1. The third-order valence-corrected chi connectivity index (χ3v) is 8.78. The Morgan fingerprint density at radius 2 is 1.74 bits per heavy atom. The molecule has 0 unspecified atom stereocenters. The Kier molecular flexibility index (Phi) is 8.52. The highest BCUT2D eigenvalue weighted by Crippen LogP contribution is 2.48. The number of nitrogens with zero attached hydrogens (tertiary/aromatic N) is 3. The van der Waals surface area contributed by atoms with E-state index in [2.05, 4.69) is 0 Å². The van der Waals surface area contributed by atoms with E-state index in [0.717, 1.165) is 21.3 Å². The van der Waals surface area contributed by atoms with Crippen molar-refractivity contribution in [2.24, 2.45) is 10.9 Å². The van der Waals surface area contributed by atoms with E-state index in [1.54, 1.807) is 25.2 Å². The summed E-state index contributed by atoms with van der Waals surface area (Å²) in [6.45, 7) is 5.24. The van der Waals surface area contributed by atoms with Crippen LogP contribution in [0.15, 0.2) is 69.5 Å². The summed E-state index contributed by atoms with van der Waals surface area (Å²) in [7, 11) is 0. The molecule has 10 heteroatoms. The molecule has 8 nitrogen and oxygen atoms in total. The fourth-order valence-corrected chi connectivity index (χ4v) is 6.84. The SMILES string of the molecule is CCOC(=O)C1=C(c2ccccc2)N=C2SC=C(CC(=O)N3CCC(C(=O)OCC)CC3)N2[C@@H]1c1cccs1. The second-order valence-corrected chi connectivity index (χ2v) is 11.2. The maximum absolute atomic E-state index is 13.5. The highest BCUT2D eigenvalue weighted by atomic mass is 32.2. The minimum Gasteiger partial charge on any atom is -0.466 e. The number of esters is 2. The summed E-state index contributed by atoms with van der Waals surface area (Å²) < 4.78 is 10.7. The van der Waals surface area contributed by atoms with Gasteiger partial charge in [0.25, 0.3) is 0 Å². The maximum atomic E-state index is 13.5. The normalized spacial score (nSPS) is 19.4. The van der Waals surface area contributed by atoms with Crippen LogP contribution in [0.2, 0.25) is 0 Å². The third kappa shape index (κ3) is 5.67. The van der Waals surface area contributed by atoms with Crippen molar-refractivity contribution in [3.05, 3.63) is 75.0 Å². The van der Waals surface area contributed by atoms with Crippen molar-refractivity contribution < 1.29 is 23.9 Å². The minimum atomic E-state index is -0.463. The molecule has 1 aromatic heterocycles. The van der Waals surface area contributed by atoms with Gasteiger partial charge < -0.3 is 19.3 Å². The molecule has 0 N–H and O–H groups in total. The van der Waals surface area contributed by atoms with Crippen LogP contribution in [0.4, 0.5) is 0 Å². The number of carbonyl (C=O) groups is 3. The molecule has 39 heavy (non-hydrogen) atoms. The fourth-order valence-electron chi connectivity index (χ4n) is 5.10. The second kappa shape index (κ2) is 12.2. The molecule has 0 radical (unpaired) electrons. The first kappa shape index (κ1) is 27.2.